The van der Waals surface area contributed by atoms with E-state index in [1.54, 1.807) is 0 Å². The molecule has 0 N–H and O–H groups in total. The zero-order valence-electron chi connectivity index (χ0n) is 15.9. The topological polar surface area (TPSA) is 20.3 Å². The average Bonchev–Trinajstić information content (AvgIpc) is 3.01. The van der Waals surface area contributed by atoms with Gasteiger partial charge in [0.1, 0.15) is 5.82 Å². The van der Waals surface area contributed by atoms with Crippen LogP contribution < -0.4 is 0 Å². The van der Waals surface area contributed by atoms with E-state index in [9.17, 15) is 9.18 Å². The molecule has 1 unspecified atom stereocenters. The summed E-state index contributed by atoms with van der Waals surface area (Å²) in [6.07, 6.45) is 3.12. The van der Waals surface area contributed by atoms with Crippen molar-refractivity contribution in [2.45, 2.75) is 25.2 Å². The third-order valence-electron chi connectivity index (χ3n) is 5.54. The van der Waals surface area contributed by atoms with Gasteiger partial charge in [0.15, 0.2) is 0 Å². The van der Waals surface area contributed by atoms with E-state index < -0.39 is 0 Å². The first kappa shape index (κ1) is 18.4. The summed E-state index contributed by atoms with van der Waals surface area (Å²) in [5.74, 6) is 0.119. The maximum Gasteiger partial charge on any atom is 0.253 e. The molecule has 1 heterocycles. The van der Waals surface area contributed by atoms with Crippen LogP contribution in [0.5, 0.6) is 0 Å². The van der Waals surface area contributed by atoms with Crippen LogP contribution in [0.4, 0.5) is 4.39 Å². The molecule has 2 nitrogen and oxygen atoms in total. The summed E-state index contributed by atoms with van der Waals surface area (Å²) in [5.41, 5.74) is 4.09. The summed E-state index contributed by atoms with van der Waals surface area (Å²) >= 11 is 0. The zero-order valence-corrected chi connectivity index (χ0v) is 15.9. The molecule has 3 aromatic rings. The van der Waals surface area contributed by atoms with Crippen LogP contribution in [0.25, 0.3) is 11.1 Å². The second-order valence-corrected chi connectivity index (χ2v) is 7.44. The van der Waals surface area contributed by atoms with Crippen molar-refractivity contribution >= 4 is 5.91 Å². The summed E-state index contributed by atoms with van der Waals surface area (Å²) in [5, 5.41) is 0. The van der Waals surface area contributed by atoms with Gasteiger partial charge < -0.3 is 4.90 Å². The highest BCUT2D eigenvalue weighted by molar-refractivity contribution is 5.94. The lowest BCUT2D eigenvalue weighted by Gasteiger charge is -2.25. The molecule has 0 saturated carbocycles. The van der Waals surface area contributed by atoms with Crippen LogP contribution in [-0.4, -0.2) is 23.9 Å². The Labute approximate surface area is 165 Å². The summed E-state index contributed by atoms with van der Waals surface area (Å²) in [6.45, 7) is 1.46. The number of amides is 1. The lowest BCUT2D eigenvalue weighted by Crippen LogP contribution is -2.34. The minimum Gasteiger partial charge on any atom is -0.338 e. The molecule has 0 spiro atoms. The van der Waals surface area contributed by atoms with Crippen molar-refractivity contribution in [3.63, 3.8) is 0 Å². The number of rotatable bonds is 3. The Morgan fingerprint density at radius 2 is 1.50 bits per heavy atom. The molecular formula is C25H24FNO. The first-order valence-corrected chi connectivity index (χ1v) is 9.91. The molecule has 1 aliphatic rings. The van der Waals surface area contributed by atoms with Crippen LogP contribution in [0.3, 0.4) is 0 Å². The third-order valence-corrected chi connectivity index (χ3v) is 5.54. The summed E-state index contributed by atoms with van der Waals surface area (Å²) in [7, 11) is 0. The van der Waals surface area contributed by atoms with E-state index in [1.807, 2.05) is 59.5 Å². The first-order chi connectivity index (χ1) is 13.7. The molecule has 4 rings (SSSR count). The SMILES string of the molecule is O=C(c1ccc(-c2ccccc2)cc1)N1CCCCC(c2ccc(F)cc2)C1. The van der Waals surface area contributed by atoms with Crippen molar-refractivity contribution < 1.29 is 9.18 Å². The second kappa shape index (κ2) is 8.39. The number of carbonyl (C=O) groups excluding carboxylic acids is 1. The van der Waals surface area contributed by atoms with E-state index in [-0.39, 0.29) is 17.6 Å². The molecule has 28 heavy (non-hydrogen) atoms. The van der Waals surface area contributed by atoms with Crippen LogP contribution in [-0.2, 0) is 0 Å². The van der Waals surface area contributed by atoms with Gasteiger partial charge in [-0.15, -0.1) is 0 Å². The minimum absolute atomic E-state index is 0.0774. The molecule has 1 fully saturated rings. The predicted molar refractivity (Wildman–Crippen MR) is 111 cm³/mol. The average molecular weight is 373 g/mol. The highest BCUT2D eigenvalue weighted by Crippen LogP contribution is 2.28. The van der Waals surface area contributed by atoms with Crippen LogP contribution in [0.1, 0.15) is 41.1 Å². The lowest BCUT2D eigenvalue weighted by atomic mass is 9.94. The monoisotopic (exact) mass is 373 g/mol. The molecule has 0 radical (unpaired) electrons. The van der Waals surface area contributed by atoms with Crippen molar-refractivity contribution in [1.82, 2.24) is 4.90 Å². The summed E-state index contributed by atoms with van der Waals surface area (Å²) < 4.78 is 13.3. The van der Waals surface area contributed by atoms with Crippen molar-refractivity contribution in [3.05, 3.63) is 95.8 Å². The van der Waals surface area contributed by atoms with Crippen molar-refractivity contribution in [3.8, 4) is 11.1 Å². The van der Waals surface area contributed by atoms with Gasteiger partial charge in [0.2, 0.25) is 0 Å². The number of hydrogen-bond acceptors (Lipinski definition) is 1. The maximum atomic E-state index is 13.3. The molecule has 1 amide bonds. The normalized spacial score (nSPS) is 17.2. The number of carbonyl (C=O) groups is 1. The number of benzene rings is 3. The second-order valence-electron chi connectivity index (χ2n) is 7.44. The molecule has 1 atom stereocenters. The minimum atomic E-state index is -0.219. The van der Waals surface area contributed by atoms with E-state index in [1.165, 1.54) is 12.1 Å². The summed E-state index contributed by atoms with van der Waals surface area (Å²) in [4.78, 5) is 15.1. The van der Waals surface area contributed by atoms with Crippen molar-refractivity contribution in [2.75, 3.05) is 13.1 Å². The fourth-order valence-electron chi connectivity index (χ4n) is 3.95. The van der Waals surface area contributed by atoms with Crippen molar-refractivity contribution in [2.24, 2.45) is 0 Å². The zero-order chi connectivity index (χ0) is 19.3. The number of likely N-dealkylation sites (tertiary alicyclic amines) is 1. The number of nitrogens with zero attached hydrogens (tertiary/aromatic N) is 1. The fraction of sp³-hybridized carbons (Fsp3) is 0.240. The molecule has 1 aliphatic heterocycles. The number of hydrogen-bond donors (Lipinski definition) is 0. The van der Waals surface area contributed by atoms with Gasteiger partial charge in [-0.2, -0.15) is 0 Å². The largest absolute Gasteiger partial charge is 0.338 e. The van der Waals surface area contributed by atoms with Crippen LogP contribution in [0.2, 0.25) is 0 Å². The predicted octanol–water partition coefficient (Wildman–Crippen LogP) is 5.90. The van der Waals surface area contributed by atoms with Gasteiger partial charge in [-0.25, -0.2) is 4.39 Å². The smallest absolute Gasteiger partial charge is 0.253 e. The van der Waals surface area contributed by atoms with Gasteiger partial charge in [-0.05, 0) is 53.8 Å². The molecular weight excluding hydrogens is 349 g/mol. The molecule has 142 valence electrons. The Morgan fingerprint density at radius 1 is 0.821 bits per heavy atom. The lowest BCUT2D eigenvalue weighted by molar-refractivity contribution is 0.0754. The van der Waals surface area contributed by atoms with Gasteiger partial charge in [-0.3, -0.25) is 4.79 Å². The highest BCUT2D eigenvalue weighted by Gasteiger charge is 2.24. The molecule has 3 aromatic carbocycles. The molecule has 0 aliphatic carbocycles. The Kier molecular flexibility index (Phi) is 5.52. The van der Waals surface area contributed by atoms with Gasteiger partial charge in [0.25, 0.3) is 5.91 Å². The molecule has 0 aromatic heterocycles. The van der Waals surface area contributed by atoms with Gasteiger partial charge in [-0.1, -0.05) is 61.0 Å². The van der Waals surface area contributed by atoms with Crippen molar-refractivity contribution in [1.29, 1.82) is 0 Å². The first-order valence-electron chi connectivity index (χ1n) is 9.91. The summed E-state index contributed by atoms with van der Waals surface area (Å²) in [6, 6.07) is 24.7. The maximum absolute atomic E-state index is 13.3. The van der Waals surface area contributed by atoms with E-state index in [0.29, 0.717) is 6.54 Å². The van der Waals surface area contributed by atoms with Crippen LogP contribution >= 0.6 is 0 Å². The quantitative estimate of drug-likeness (QED) is 0.559. The van der Waals surface area contributed by atoms with E-state index in [0.717, 1.165) is 48.1 Å². The van der Waals surface area contributed by atoms with Gasteiger partial charge >= 0.3 is 0 Å². The molecule has 0 bridgehead atoms. The van der Waals surface area contributed by atoms with E-state index in [2.05, 4.69) is 12.1 Å². The molecule has 1 saturated heterocycles. The Balaban J connectivity index is 1.50. The Hall–Kier alpha value is -2.94. The fourth-order valence-corrected chi connectivity index (χ4v) is 3.95. The van der Waals surface area contributed by atoms with Crippen LogP contribution in [0.15, 0.2) is 78.9 Å². The molecule has 3 heteroatoms. The number of halogens is 1. The third kappa shape index (κ3) is 4.14. The Bertz CT molecular complexity index is 919. The van der Waals surface area contributed by atoms with E-state index in [4.69, 9.17) is 0 Å². The van der Waals surface area contributed by atoms with Crippen LogP contribution in [0, 0.1) is 5.82 Å². The standard InChI is InChI=1S/C25H24FNO/c26-24-15-13-21(14-16-24)23-8-4-5-17-27(18-23)25(28)22-11-9-20(10-12-22)19-6-2-1-3-7-19/h1-3,6-7,9-16,23H,4-5,8,17-18H2. The highest BCUT2D eigenvalue weighted by atomic mass is 19.1. The van der Waals surface area contributed by atoms with E-state index >= 15 is 0 Å². The van der Waals surface area contributed by atoms with Gasteiger partial charge in [0, 0.05) is 24.6 Å². The Morgan fingerprint density at radius 3 is 2.21 bits per heavy atom. The van der Waals surface area contributed by atoms with Gasteiger partial charge in [0.05, 0.1) is 0 Å².